The van der Waals surface area contributed by atoms with Gasteiger partial charge < -0.3 is 4.57 Å². The van der Waals surface area contributed by atoms with Crippen LogP contribution < -0.4 is 5.48 Å². The van der Waals surface area contributed by atoms with Gasteiger partial charge in [-0.05, 0) is 6.07 Å². The summed E-state index contributed by atoms with van der Waals surface area (Å²) in [7, 11) is 1.80. The fourth-order valence-electron chi connectivity index (χ4n) is 0.702. The van der Waals surface area contributed by atoms with Gasteiger partial charge in [0.2, 0.25) is 0 Å². The molecule has 4 heteroatoms. The summed E-state index contributed by atoms with van der Waals surface area (Å²) in [6, 6.07) is 1.62. The van der Waals surface area contributed by atoms with E-state index >= 15 is 0 Å². The third kappa shape index (κ3) is 1.16. The molecule has 0 fully saturated rings. The van der Waals surface area contributed by atoms with Crippen LogP contribution in [-0.4, -0.2) is 15.7 Å². The zero-order valence-corrected chi connectivity index (χ0v) is 5.53. The lowest BCUT2D eigenvalue weighted by Gasteiger charge is -1.90. The molecule has 0 aliphatic rings. The average molecular weight is 140 g/mol. The van der Waals surface area contributed by atoms with E-state index in [-0.39, 0.29) is 0 Å². The molecule has 1 heterocycles. The molecule has 0 radical (unpaired) electrons. The van der Waals surface area contributed by atoms with Crippen LogP contribution in [0.5, 0.6) is 0 Å². The summed E-state index contributed by atoms with van der Waals surface area (Å²) in [6.45, 7) is 0. The maximum absolute atomic E-state index is 10.7. The molecule has 0 unspecified atom stereocenters. The Hall–Kier alpha value is -1.29. The summed E-state index contributed by atoms with van der Waals surface area (Å²) >= 11 is 0. The predicted octanol–water partition coefficient (Wildman–Crippen LogP) is 0.144. The molecule has 10 heavy (non-hydrogen) atoms. The molecule has 1 amide bonds. The molecule has 4 nitrogen and oxygen atoms in total. The quantitative estimate of drug-likeness (QED) is 0.430. The lowest BCUT2D eigenvalue weighted by Crippen LogP contribution is -2.17. The van der Waals surface area contributed by atoms with Crippen molar-refractivity contribution in [1.29, 1.82) is 0 Å². The monoisotopic (exact) mass is 140 g/mol. The molecule has 0 atom stereocenters. The van der Waals surface area contributed by atoms with E-state index in [9.17, 15) is 4.79 Å². The molecular weight excluding hydrogens is 132 g/mol. The van der Waals surface area contributed by atoms with Crippen molar-refractivity contribution < 1.29 is 10.0 Å². The number of carbonyl (C=O) groups is 1. The predicted molar refractivity (Wildman–Crippen MR) is 34.7 cm³/mol. The molecule has 1 aromatic heterocycles. The van der Waals surface area contributed by atoms with Gasteiger partial charge >= 0.3 is 0 Å². The summed E-state index contributed by atoms with van der Waals surface area (Å²) in [4.78, 5) is 10.7. The van der Waals surface area contributed by atoms with Crippen LogP contribution in [0.1, 0.15) is 10.4 Å². The minimum atomic E-state index is -0.486. The second kappa shape index (κ2) is 2.53. The number of aryl methyl sites for hydroxylation is 1. The van der Waals surface area contributed by atoms with Gasteiger partial charge in [-0.1, -0.05) is 0 Å². The van der Waals surface area contributed by atoms with Crippen molar-refractivity contribution in [1.82, 2.24) is 10.0 Å². The highest BCUT2D eigenvalue weighted by atomic mass is 16.5. The second-order valence-corrected chi connectivity index (χ2v) is 2.01. The number of amides is 1. The standard InChI is InChI=1S/C6H8N2O2/c1-8-3-2-5(4-8)6(9)7-10/h2-4,10H,1H3,(H,7,9). The molecule has 0 spiro atoms. The molecule has 2 N–H and O–H groups in total. The maximum atomic E-state index is 10.7. The number of aromatic nitrogens is 1. The van der Waals surface area contributed by atoms with E-state index in [2.05, 4.69) is 0 Å². The Morgan fingerprint density at radius 3 is 2.90 bits per heavy atom. The minimum Gasteiger partial charge on any atom is -0.356 e. The van der Waals surface area contributed by atoms with Gasteiger partial charge in [-0.25, -0.2) is 5.48 Å². The van der Waals surface area contributed by atoms with Gasteiger partial charge in [0, 0.05) is 19.4 Å². The fraction of sp³-hybridized carbons (Fsp3) is 0.167. The van der Waals surface area contributed by atoms with Crippen LogP contribution in [0.15, 0.2) is 18.5 Å². The molecule has 0 aliphatic heterocycles. The van der Waals surface area contributed by atoms with Crippen LogP contribution in [0.4, 0.5) is 0 Å². The van der Waals surface area contributed by atoms with Gasteiger partial charge in [-0.15, -0.1) is 0 Å². The van der Waals surface area contributed by atoms with Gasteiger partial charge in [0.1, 0.15) is 0 Å². The van der Waals surface area contributed by atoms with E-state index in [1.165, 1.54) is 0 Å². The first kappa shape index (κ1) is 6.82. The van der Waals surface area contributed by atoms with E-state index < -0.39 is 5.91 Å². The van der Waals surface area contributed by atoms with Crippen LogP contribution >= 0.6 is 0 Å². The summed E-state index contributed by atoms with van der Waals surface area (Å²) < 4.78 is 1.73. The van der Waals surface area contributed by atoms with Crippen LogP contribution in [0.3, 0.4) is 0 Å². The number of nitrogens with one attached hydrogen (secondary N) is 1. The Kier molecular flexibility index (Phi) is 1.73. The Balaban J connectivity index is 2.85. The minimum absolute atomic E-state index is 0.449. The van der Waals surface area contributed by atoms with E-state index in [1.807, 2.05) is 0 Å². The SMILES string of the molecule is Cn1ccc(C(=O)NO)c1. The summed E-state index contributed by atoms with van der Waals surface area (Å²) in [5.74, 6) is -0.486. The average Bonchev–Trinajstić information content (AvgIpc) is 2.34. The smallest absolute Gasteiger partial charge is 0.276 e. The Morgan fingerprint density at radius 2 is 2.50 bits per heavy atom. The van der Waals surface area contributed by atoms with Gasteiger partial charge in [-0.3, -0.25) is 10.0 Å². The number of carbonyl (C=O) groups excluding carboxylic acids is 1. The van der Waals surface area contributed by atoms with Gasteiger partial charge in [0.05, 0.1) is 5.56 Å². The van der Waals surface area contributed by atoms with Gasteiger partial charge in [0.25, 0.3) is 5.91 Å². The van der Waals surface area contributed by atoms with Crippen molar-refractivity contribution in [2.45, 2.75) is 0 Å². The van der Waals surface area contributed by atoms with Crippen molar-refractivity contribution in [3.05, 3.63) is 24.0 Å². The zero-order chi connectivity index (χ0) is 7.56. The Labute approximate surface area is 58.0 Å². The van der Waals surface area contributed by atoms with Crippen molar-refractivity contribution in [2.24, 2.45) is 7.05 Å². The van der Waals surface area contributed by atoms with E-state index in [0.29, 0.717) is 5.56 Å². The number of hydroxylamine groups is 1. The van der Waals surface area contributed by atoms with Crippen molar-refractivity contribution in [3.8, 4) is 0 Å². The zero-order valence-electron chi connectivity index (χ0n) is 5.53. The molecule has 54 valence electrons. The molecule has 1 rings (SSSR count). The number of nitrogens with zero attached hydrogens (tertiary/aromatic N) is 1. The molecule has 0 saturated heterocycles. The molecule has 0 bridgehead atoms. The van der Waals surface area contributed by atoms with Crippen LogP contribution in [0.25, 0.3) is 0 Å². The molecule has 0 aromatic carbocycles. The summed E-state index contributed by atoms with van der Waals surface area (Å²) in [6.07, 6.45) is 3.34. The first-order valence-corrected chi connectivity index (χ1v) is 2.80. The molecule has 0 aliphatic carbocycles. The first-order chi connectivity index (χ1) is 4.74. The largest absolute Gasteiger partial charge is 0.356 e. The number of hydrogen-bond acceptors (Lipinski definition) is 2. The van der Waals surface area contributed by atoms with Crippen molar-refractivity contribution in [3.63, 3.8) is 0 Å². The highest BCUT2D eigenvalue weighted by molar-refractivity contribution is 5.93. The van der Waals surface area contributed by atoms with Gasteiger partial charge in [-0.2, -0.15) is 0 Å². The highest BCUT2D eigenvalue weighted by Crippen LogP contribution is 1.97. The number of hydrogen-bond donors (Lipinski definition) is 2. The van der Waals surface area contributed by atoms with Crippen molar-refractivity contribution >= 4 is 5.91 Å². The van der Waals surface area contributed by atoms with Crippen LogP contribution in [0.2, 0.25) is 0 Å². The van der Waals surface area contributed by atoms with E-state index in [0.717, 1.165) is 0 Å². The first-order valence-electron chi connectivity index (χ1n) is 2.80. The molecular formula is C6H8N2O2. The third-order valence-corrected chi connectivity index (χ3v) is 1.20. The third-order valence-electron chi connectivity index (χ3n) is 1.20. The summed E-state index contributed by atoms with van der Waals surface area (Å²) in [5.41, 5.74) is 1.99. The fourth-order valence-corrected chi connectivity index (χ4v) is 0.702. The normalized spacial score (nSPS) is 9.40. The Morgan fingerprint density at radius 1 is 1.80 bits per heavy atom. The van der Waals surface area contributed by atoms with Gasteiger partial charge in [0.15, 0.2) is 0 Å². The van der Waals surface area contributed by atoms with Crippen LogP contribution in [0, 0.1) is 0 Å². The number of rotatable bonds is 1. The lowest BCUT2D eigenvalue weighted by atomic mass is 10.3. The molecule has 1 aromatic rings. The van der Waals surface area contributed by atoms with Crippen LogP contribution in [-0.2, 0) is 7.05 Å². The van der Waals surface area contributed by atoms with E-state index in [1.54, 1.807) is 35.6 Å². The lowest BCUT2D eigenvalue weighted by molar-refractivity contribution is 0.0706. The van der Waals surface area contributed by atoms with E-state index in [4.69, 9.17) is 5.21 Å². The van der Waals surface area contributed by atoms with Crippen molar-refractivity contribution in [2.75, 3.05) is 0 Å². The maximum Gasteiger partial charge on any atom is 0.276 e. The Bertz CT molecular complexity index is 242. The topological polar surface area (TPSA) is 54.3 Å². The molecule has 0 saturated carbocycles. The highest BCUT2D eigenvalue weighted by Gasteiger charge is 2.02. The summed E-state index contributed by atoms with van der Waals surface area (Å²) in [5, 5.41) is 8.19. The second-order valence-electron chi connectivity index (χ2n) is 2.01.